The molecule has 0 spiro atoms. The highest BCUT2D eigenvalue weighted by Gasteiger charge is 2.27. The van der Waals surface area contributed by atoms with Crippen molar-refractivity contribution < 1.29 is 43.7 Å². The third-order valence-electron chi connectivity index (χ3n) is 4.47. The van der Waals surface area contributed by atoms with Crippen LogP contribution >= 0.6 is 0 Å². The van der Waals surface area contributed by atoms with Gasteiger partial charge in [-0.25, -0.2) is 10.2 Å². The molecule has 15 nitrogen and oxygen atoms in total. The standard InChI is InChI=1S/C19H34N6O9/c1-11(27)7-13-8-21-25-17(30)14(9-26)23-15(29)10-34-6-5-33-4-3-20-18(31)16(12(2)28)24-19(32)22-13/h12-14,16,21,26,28H,3-10H2,1-2H3,(H,20,31)(H,23,29)(H,25,30)(H2,22,24,32)/t12?,13-,14-,16-/m0/s1. The van der Waals surface area contributed by atoms with Crippen molar-refractivity contribution in [3.8, 4) is 0 Å². The van der Waals surface area contributed by atoms with E-state index in [1.807, 2.05) is 0 Å². The van der Waals surface area contributed by atoms with Crippen LogP contribution in [0.4, 0.5) is 4.79 Å². The number of nitrogens with one attached hydrogen (secondary N) is 6. The highest BCUT2D eigenvalue weighted by atomic mass is 16.5. The normalized spacial score (nSPS) is 25.9. The van der Waals surface area contributed by atoms with Crippen molar-refractivity contribution in [3.63, 3.8) is 0 Å². The van der Waals surface area contributed by atoms with Crippen molar-refractivity contribution in [3.05, 3.63) is 0 Å². The molecule has 1 rings (SSSR count). The zero-order chi connectivity index (χ0) is 25.5. The summed E-state index contributed by atoms with van der Waals surface area (Å²) in [6.07, 6.45) is -1.32. The Hall–Kier alpha value is -2.85. The van der Waals surface area contributed by atoms with Gasteiger partial charge < -0.3 is 41.0 Å². The van der Waals surface area contributed by atoms with Gasteiger partial charge in [-0.2, -0.15) is 0 Å². The van der Waals surface area contributed by atoms with Crippen LogP contribution in [-0.4, -0.2) is 110 Å². The Bertz CT molecular complexity index is 706. The summed E-state index contributed by atoms with van der Waals surface area (Å²) in [5.41, 5.74) is 4.81. The minimum absolute atomic E-state index is 0.0640. The Kier molecular flexibility index (Phi) is 13.6. The van der Waals surface area contributed by atoms with Crippen LogP contribution in [0.2, 0.25) is 0 Å². The minimum Gasteiger partial charge on any atom is -0.394 e. The number of urea groups is 1. The fourth-order valence-corrected chi connectivity index (χ4v) is 2.81. The van der Waals surface area contributed by atoms with Gasteiger partial charge in [-0.15, -0.1) is 0 Å². The van der Waals surface area contributed by atoms with E-state index in [2.05, 4.69) is 32.1 Å². The number of ether oxygens (including phenoxy) is 2. The average molecular weight is 491 g/mol. The van der Waals surface area contributed by atoms with Gasteiger partial charge in [0.25, 0.3) is 5.91 Å². The first-order valence-corrected chi connectivity index (χ1v) is 10.7. The second kappa shape index (κ2) is 15.9. The van der Waals surface area contributed by atoms with E-state index in [1.54, 1.807) is 0 Å². The molecule has 0 saturated carbocycles. The van der Waals surface area contributed by atoms with E-state index < -0.39 is 54.6 Å². The Morgan fingerprint density at radius 2 is 1.76 bits per heavy atom. The minimum atomic E-state index is -1.27. The van der Waals surface area contributed by atoms with Crippen LogP contribution in [0, 0.1) is 0 Å². The van der Waals surface area contributed by atoms with Gasteiger partial charge in [-0.05, 0) is 13.8 Å². The maximum absolute atomic E-state index is 12.4. The summed E-state index contributed by atoms with van der Waals surface area (Å²) in [5.74, 6) is -2.29. The van der Waals surface area contributed by atoms with Gasteiger partial charge in [-0.1, -0.05) is 0 Å². The first-order valence-electron chi connectivity index (χ1n) is 10.7. The van der Waals surface area contributed by atoms with Gasteiger partial charge in [-0.3, -0.25) is 24.6 Å². The molecule has 0 aromatic heterocycles. The van der Waals surface area contributed by atoms with Gasteiger partial charge >= 0.3 is 6.03 Å². The molecule has 15 heteroatoms. The predicted octanol–water partition coefficient (Wildman–Crippen LogP) is -4.36. The number of aliphatic hydroxyl groups is 2. The molecule has 194 valence electrons. The summed E-state index contributed by atoms with van der Waals surface area (Å²) in [5, 5.41) is 29.0. The molecule has 34 heavy (non-hydrogen) atoms. The second-order valence-electron chi connectivity index (χ2n) is 7.57. The lowest BCUT2D eigenvalue weighted by molar-refractivity contribution is -0.133. The lowest BCUT2D eigenvalue weighted by Gasteiger charge is -2.24. The summed E-state index contributed by atoms with van der Waals surface area (Å²) in [6.45, 7) is 1.88. The van der Waals surface area contributed by atoms with Crippen LogP contribution in [0.1, 0.15) is 20.3 Å². The SMILES string of the molecule is CC(=O)C[C@H]1CNNC(=O)[C@H](CO)NC(=O)COCCOCCNC(=O)[C@H](C(C)O)NC(=O)N1. The molecule has 8 N–H and O–H groups in total. The number of hydrogen-bond acceptors (Lipinski definition) is 10. The largest absolute Gasteiger partial charge is 0.394 e. The van der Waals surface area contributed by atoms with E-state index in [0.717, 1.165) is 0 Å². The van der Waals surface area contributed by atoms with Crippen molar-refractivity contribution >= 4 is 29.5 Å². The number of ketones is 1. The maximum Gasteiger partial charge on any atom is 0.315 e. The fourth-order valence-electron chi connectivity index (χ4n) is 2.81. The van der Waals surface area contributed by atoms with Gasteiger partial charge in [0, 0.05) is 19.5 Å². The van der Waals surface area contributed by atoms with Crippen LogP contribution in [0.25, 0.3) is 0 Å². The smallest absolute Gasteiger partial charge is 0.315 e. The molecular formula is C19H34N6O9. The van der Waals surface area contributed by atoms with Crippen LogP contribution in [-0.2, 0) is 28.7 Å². The third kappa shape index (κ3) is 11.9. The number of amides is 5. The number of rotatable bonds is 4. The van der Waals surface area contributed by atoms with E-state index in [9.17, 15) is 34.2 Å². The lowest BCUT2D eigenvalue weighted by atomic mass is 10.1. The number of aliphatic hydroxyl groups excluding tert-OH is 2. The molecular weight excluding hydrogens is 456 g/mol. The molecule has 1 unspecified atom stereocenters. The van der Waals surface area contributed by atoms with Crippen molar-refractivity contribution in [1.82, 2.24) is 32.1 Å². The highest BCUT2D eigenvalue weighted by Crippen LogP contribution is 1.97. The van der Waals surface area contributed by atoms with E-state index >= 15 is 0 Å². The zero-order valence-corrected chi connectivity index (χ0v) is 19.2. The summed E-state index contributed by atoms with van der Waals surface area (Å²) in [6, 6.07) is -4.15. The molecule has 0 aliphatic carbocycles. The topological polar surface area (TPSA) is 216 Å². The van der Waals surface area contributed by atoms with Gasteiger partial charge in [0.1, 0.15) is 24.5 Å². The maximum atomic E-state index is 12.4. The molecule has 0 radical (unpaired) electrons. The molecule has 5 amide bonds. The number of carbonyl (C=O) groups is 5. The Morgan fingerprint density at radius 3 is 2.41 bits per heavy atom. The highest BCUT2D eigenvalue weighted by molar-refractivity contribution is 5.88. The molecule has 0 aromatic carbocycles. The molecule has 1 fully saturated rings. The van der Waals surface area contributed by atoms with E-state index in [1.165, 1.54) is 13.8 Å². The molecule has 1 aliphatic rings. The summed E-state index contributed by atoms with van der Waals surface area (Å²) in [4.78, 5) is 60.4. The summed E-state index contributed by atoms with van der Waals surface area (Å²) in [7, 11) is 0. The van der Waals surface area contributed by atoms with Gasteiger partial charge in [0.05, 0.1) is 38.6 Å². The van der Waals surface area contributed by atoms with Crippen molar-refractivity contribution in [1.29, 1.82) is 0 Å². The zero-order valence-electron chi connectivity index (χ0n) is 19.2. The van der Waals surface area contributed by atoms with Gasteiger partial charge in [0.15, 0.2) is 0 Å². The van der Waals surface area contributed by atoms with Crippen molar-refractivity contribution in [2.45, 2.75) is 44.5 Å². The van der Waals surface area contributed by atoms with E-state index in [0.29, 0.717) is 0 Å². The molecule has 0 bridgehead atoms. The van der Waals surface area contributed by atoms with Crippen LogP contribution in [0.5, 0.6) is 0 Å². The fraction of sp³-hybridized carbons (Fsp3) is 0.737. The Morgan fingerprint density at radius 1 is 1.06 bits per heavy atom. The molecule has 1 heterocycles. The number of carbonyl (C=O) groups excluding carboxylic acids is 5. The molecule has 0 aromatic rings. The van der Waals surface area contributed by atoms with Crippen molar-refractivity contribution in [2.75, 3.05) is 46.1 Å². The summed E-state index contributed by atoms with van der Waals surface area (Å²) < 4.78 is 10.4. The monoisotopic (exact) mass is 490 g/mol. The molecule has 1 aliphatic heterocycles. The number of hydrazine groups is 1. The van der Waals surface area contributed by atoms with Crippen LogP contribution in [0.3, 0.4) is 0 Å². The quantitative estimate of drug-likeness (QED) is 0.189. The summed E-state index contributed by atoms with van der Waals surface area (Å²) >= 11 is 0. The van der Waals surface area contributed by atoms with Crippen molar-refractivity contribution in [2.24, 2.45) is 0 Å². The average Bonchev–Trinajstić information content (AvgIpc) is 2.75. The van der Waals surface area contributed by atoms with E-state index in [-0.39, 0.29) is 51.7 Å². The Labute approximate surface area is 196 Å². The number of hydrogen-bond donors (Lipinski definition) is 8. The van der Waals surface area contributed by atoms with Gasteiger partial charge in [0.2, 0.25) is 11.8 Å². The molecule has 4 atom stereocenters. The number of Topliss-reactive ketones (excluding diaryl/α,β-unsaturated/α-hetero) is 1. The first-order chi connectivity index (χ1) is 16.1. The predicted molar refractivity (Wildman–Crippen MR) is 116 cm³/mol. The van der Waals surface area contributed by atoms with Crippen LogP contribution in [0.15, 0.2) is 0 Å². The van der Waals surface area contributed by atoms with Crippen LogP contribution < -0.4 is 32.1 Å². The molecule has 1 saturated heterocycles. The first kappa shape index (κ1) is 29.2. The third-order valence-corrected chi connectivity index (χ3v) is 4.47. The Balaban J connectivity index is 2.88. The lowest BCUT2D eigenvalue weighted by Crippen LogP contribution is -2.58. The van der Waals surface area contributed by atoms with E-state index in [4.69, 9.17) is 9.47 Å². The second-order valence-corrected chi connectivity index (χ2v) is 7.57.